The van der Waals surface area contributed by atoms with Crippen LogP contribution < -0.4 is 4.68 Å². The van der Waals surface area contributed by atoms with Crippen LogP contribution in [0.5, 0.6) is 0 Å². The van der Waals surface area contributed by atoms with E-state index in [1.807, 2.05) is 36.4 Å². The van der Waals surface area contributed by atoms with Gasteiger partial charge in [-0.25, -0.2) is 4.85 Å². The lowest BCUT2D eigenvalue weighted by atomic mass is 10.1. The van der Waals surface area contributed by atoms with Crippen LogP contribution in [0.4, 0.5) is 5.69 Å². The van der Waals surface area contributed by atoms with Crippen molar-refractivity contribution in [2.75, 3.05) is 0 Å². The summed E-state index contributed by atoms with van der Waals surface area (Å²) >= 11 is 0. The van der Waals surface area contributed by atoms with Gasteiger partial charge in [0.25, 0.3) is 0 Å². The number of para-hydroxylation sites is 1. The maximum absolute atomic E-state index is 7.31. The molecule has 5 aromatic rings. The Bertz CT molecular complexity index is 1380. The van der Waals surface area contributed by atoms with Crippen molar-refractivity contribution in [1.29, 1.82) is 0 Å². The van der Waals surface area contributed by atoms with Gasteiger partial charge in [0, 0.05) is 10.8 Å². The fourth-order valence-corrected chi connectivity index (χ4v) is 3.97. The van der Waals surface area contributed by atoms with Gasteiger partial charge in [0.2, 0.25) is 6.20 Å². The molecule has 0 bridgehead atoms. The van der Waals surface area contributed by atoms with Gasteiger partial charge in [-0.3, -0.25) is 0 Å². The molecule has 3 aromatic carbocycles. The Balaban J connectivity index is 1.79. The van der Waals surface area contributed by atoms with Crippen molar-refractivity contribution < 1.29 is 9.10 Å². The smallest absolute Gasteiger partial charge is 0.204 e. The maximum atomic E-state index is 7.31. The molecule has 4 nitrogen and oxygen atoms in total. The minimum Gasteiger partial charge on any atom is -0.454 e. The average Bonchev–Trinajstić information content (AvgIpc) is 3.29. The summed E-state index contributed by atoms with van der Waals surface area (Å²) in [4.78, 5) is 3.58. The topological polar surface area (TPSA) is 26.3 Å². The van der Waals surface area contributed by atoms with E-state index in [9.17, 15) is 0 Å². The minimum absolute atomic E-state index is 0.652. The van der Waals surface area contributed by atoms with Crippen LogP contribution in [0.2, 0.25) is 0 Å². The molecule has 6 rings (SSSR count). The van der Waals surface area contributed by atoms with E-state index in [1.165, 1.54) is 5.56 Å². The number of furan rings is 1. The van der Waals surface area contributed by atoms with Crippen LogP contribution >= 0.6 is 0 Å². The second-order valence-electron chi connectivity index (χ2n) is 6.44. The lowest BCUT2D eigenvalue weighted by Gasteiger charge is -2.00. The first-order valence-corrected chi connectivity index (χ1v) is 8.20. The first-order chi connectivity index (χ1) is 12.3. The summed E-state index contributed by atoms with van der Waals surface area (Å²) < 4.78 is 10.6. The Morgan fingerprint density at radius 2 is 1.96 bits per heavy atom. The summed E-state index contributed by atoms with van der Waals surface area (Å²) in [5, 5.41) is 3.40. The Kier molecular flexibility index (Phi) is 2.19. The summed E-state index contributed by atoms with van der Waals surface area (Å²) in [6.45, 7) is 8.12. The first kappa shape index (κ1) is 12.8. The number of aromatic nitrogens is 2. The summed E-state index contributed by atoms with van der Waals surface area (Å²) in [7, 11) is 0. The Morgan fingerprint density at radius 3 is 2.88 bits per heavy atom. The van der Waals surface area contributed by atoms with Crippen LogP contribution in [0.15, 0.2) is 65.2 Å². The molecule has 25 heavy (non-hydrogen) atoms. The summed E-state index contributed by atoms with van der Waals surface area (Å²) in [5.74, 6) is 0. The second-order valence-corrected chi connectivity index (χ2v) is 6.44. The van der Waals surface area contributed by atoms with E-state index >= 15 is 0 Å². The van der Waals surface area contributed by atoms with Crippen molar-refractivity contribution in [2.45, 2.75) is 6.54 Å². The molecule has 0 spiro atoms. The number of hydrogen-bond acceptors (Lipinski definition) is 1. The highest BCUT2D eigenvalue weighted by Gasteiger charge is 2.31. The third-order valence-corrected chi connectivity index (χ3v) is 5.06. The summed E-state index contributed by atoms with van der Waals surface area (Å²) in [6, 6.07) is 18.3. The molecule has 0 N–H and O–H groups in total. The van der Waals surface area contributed by atoms with Gasteiger partial charge in [-0.15, -0.1) is 9.36 Å². The molecule has 0 saturated heterocycles. The first-order valence-electron chi connectivity index (χ1n) is 8.20. The zero-order valence-electron chi connectivity index (χ0n) is 13.2. The molecule has 0 saturated carbocycles. The van der Waals surface area contributed by atoms with Crippen LogP contribution in [0.25, 0.3) is 43.4 Å². The maximum Gasteiger partial charge on any atom is 0.204 e. The van der Waals surface area contributed by atoms with Gasteiger partial charge in [0.05, 0.1) is 17.5 Å². The molecule has 3 heterocycles. The Hall–Kier alpha value is -3.58. The van der Waals surface area contributed by atoms with E-state index in [1.54, 1.807) is 0 Å². The van der Waals surface area contributed by atoms with Crippen LogP contribution in [-0.2, 0) is 6.54 Å². The van der Waals surface area contributed by atoms with Gasteiger partial charge in [-0.05, 0) is 24.3 Å². The number of nitrogens with zero attached hydrogens (tertiary/aromatic N) is 3. The molecule has 4 heteroatoms. The second kappa shape index (κ2) is 4.28. The zero-order valence-corrected chi connectivity index (χ0v) is 13.2. The van der Waals surface area contributed by atoms with Crippen LogP contribution in [-0.4, -0.2) is 4.68 Å². The third kappa shape index (κ3) is 1.52. The quantitative estimate of drug-likeness (QED) is 0.293. The Morgan fingerprint density at radius 1 is 1.04 bits per heavy atom. The molecule has 0 atom stereocenters. The summed E-state index contributed by atoms with van der Waals surface area (Å²) in [5.41, 5.74) is 5.84. The molecule has 2 aromatic heterocycles. The van der Waals surface area contributed by atoms with Crippen LogP contribution in [0.3, 0.4) is 0 Å². The molecular formula is C21H12N3O+. The lowest BCUT2D eigenvalue weighted by Crippen LogP contribution is -2.36. The lowest BCUT2D eigenvalue weighted by molar-refractivity contribution is -0.749. The van der Waals surface area contributed by atoms with Crippen molar-refractivity contribution in [1.82, 2.24) is 4.68 Å². The minimum atomic E-state index is 0.652. The highest BCUT2D eigenvalue weighted by atomic mass is 16.3. The predicted octanol–water partition coefficient (Wildman–Crippen LogP) is 4.73. The molecule has 1 aliphatic rings. The van der Waals surface area contributed by atoms with Crippen LogP contribution in [0, 0.1) is 6.57 Å². The molecule has 0 radical (unpaired) electrons. The van der Waals surface area contributed by atoms with Crippen molar-refractivity contribution >= 4 is 38.5 Å². The highest BCUT2D eigenvalue weighted by Crippen LogP contribution is 2.37. The zero-order chi connectivity index (χ0) is 16.5. The molecular weight excluding hydrogens is 310 g/mol. The number of benzene rings is 3. The van der Waals surface area contributed by atoms with E-state index in [0.29, 0.717) is 5.69 Å². The number of fused-ring (bicyclic) bond motifs is 9. The summed E-state index contributed by atoms with van der Waals surface area (Å²) in [6.07, 6.45) is 2.14. The van der Waals surface area contributed by atoms with Crippen molar-refractivity contribution in [3.05, 3.63) is 77.8 Å². The van der Waals surface area contributed by atoms with E-state index in [0.717, 1.165) is 45.1 Å². The molecule has 1 aliphatic heterocycles. The molecule has 0 fully saturated rings. The van der Waals surface area contributed by atoms with Crippen molar-refractivity contribution in [3.8, 4) is 5.69 Å². The van der Waals surface area contributed by atoms with Gasteiger partial charge in [-0.2, -0.15) is 0 Å². The normalized spacial score (nSPS) is 12.6. The van der Waals surface area contributed by atoms with E-state index in [-0.39, 0.29) is 0 Å². The van der Waals surface area contributed by atoms with Gasteiger partial charge >= 0.3 is 0 Å². The fourth-order valence-electron chi connectivity index (χ4n) is 3.97. The monoisotopic (exact) mass is 322 g/mol. The largest absolute Gasteiger partial charge is 0.454 e. The molecule has 0 amide bonds. The fraction of sp³-hybridized carbons (Fsp3) is 0.0476. The van der Waals surface area contributed by atoms with Gasteiger partial charge in [0.1, 0.15) is 11.1 Å². The van der Waals surface area contributed by atoms with E-state index in [2.05, 4.69) is 38.6 Å². The molecule has 0 aliphatic carbocycles. The van der Waals surface area contributed by atoms with Gasteiger partial charge in [-0.1, -0.05) is 30.3 Å². The standard InChI is InChI=1S/C21H12N3O/c1-22-15-8-6-13-11-23-12-14-7-9-17-16-4-2-3-5-19(16)25-21(17)20(14)24(23)18(13)10-15/h2-11H,12H2/q+1. The van der Waals surface area contributed by atoms with Gasteiger partial charge in [0.15, 0.2) is 23.5 Å². The van der Waals surface area contributed by atoms with Crippen LogP contribution in [0.1, 0.15) is 5.56 Å². The van der Waals surface area contributed by atoms with Crippen molar-refractivity contribution in [2.24, 2.45) is 0 Å². The Labute approximate surface area is 142 Å². The SMILES string of the molecule is [C-]#[N+]c1ccc2c[n+]3n(c2c1)-c1c(ccc2c1oc1ccccc12)C3. The van der Waals surface area contributed by atoms with E-state index in [4.69, 9.17) is 11.0 Å². The highest BCUT2D eigenvalue weighted by molar-refractivity contribution is 6.08. The predicted molar refractivity (Wildman–Crippen MR) is 96.1 cm³/mol. The van der Waals surface area contributed by atoms with E-state index < -0.39 is 0 Å². The molecule has 0 unspecified atom stereocenters. The number of hydrogen-bond donors (Lipinski definition) is 0. The average molecular weight is 322 g/mol. The number of rotatable bonds is 0. The molecule has 116 valence electrons. The third-order valence-electron chi connectivity index (χ3n) is 5.06. The van der Waals surface area contributed by atoms with Gasteiger partial charge < -0.3 is 4.42 Å². The van der Waals surface area contributed by atoms with Crippen molar-refractivity contribution in [3.63, 3.8) is 0 Å².